The number of benzene rings is 1. The second-order valence-corrected chi connectivity index (χ2v) is 5.77. The van der Waals surface area contributed by atoms with Crippen LogP contribution in [-0.2, 0) is 4.79 Å². The molecule has 2 aromatic rings. The standard InChI is InChI=1S/C14H13ClN2O/c1-14(2)7-9(18)6-10(14)13-16-11-4-3-8(15)5-12(11)17-13/h3-6H,7H2,1-2H3,(H,16,17). The minimum atomic E-state index is -0.158. The first kappa shape index (κ1) is 11.5. The van der Waals surface area contributed by atoms with Gasteiger partial charge in [-0.2, -0.15) is 0 Å². The Kier molecular flexibility index (Phi) is 2.35. The van der Waals surface area contributed by atoms with Gasteiger partial charge in [0, 0.05) is 22.4 Å². The number of hydrogen-bond acceptors (Lipinski definition) is 2. The molecule has 0 aliphatic heterocycles. The average molecular weight is 261 g/mol. The van der Waals surface area contributed by atoms with E-state index in [2.05, 4.69) is 23.8 Å². The lowest BCUT2D eigenvalue weighted by Crippen LogP contribution is -2.11. The topological polar surface area (TPSA) is 45.8 Å². The predicted octanol–water partition coefficient (Wildman–Crippen LogP) is 3.60. The fourth-order valence-electron chi connectivity index (χ4n) is 2.44. The number of carbonyl (C=O) groups excluding carboxylic acids is 1. The molecule has 3 rings (SSSR count). The number of halogens is 1. The van der Waals surface area contributed by atoms with E-state index in [1.54, 1.807) is 6.08 Å². The Morgan fingerprint density at radius 3 is 2.83 bits per heavy atom. The predicted molar refractivity (Wildman–Crippen MR) is 72.5 cm³/mol. The van der Waals surface area contributed by atoms with Crippen molar-refractivity contribution >= 4 is 34.0 Å². The maximum Gasteiger partial charge on any atom is 0.156 e. The molecule has 0 saturated heterocycles. The fourth-order valence-corrected chi connectivity index (χ4v) is 2.61. The number of aromatic amines is 1. The number of aromatic nitrogens is 2. The first-order valence-electron chi connectivity index (χ1n) is 5.86. The summed E-state index contributed by atoms with van der Waals surface area (Å²) in [6, 6.07) is 5.54. The van der Waals surface area contributed by atoms with Gasteiger partial charge >= 0.3 is 0 Å². The van der Waals surface area contributed by atoms with Crippen LogP contribution in [0.4, 0.5) is 0 Å². The summed E-state index contributed by atoms with van der Waals surface area (Å²) in [5, 5.41) is 0.674. The van der Waals surface area contributed by atoms with Gasteiger partial charge in [-0.3, -0.25) is 4.79 Å². The number of H-pyrrole nitrogens is 1. The molecular formula is C14H13ClN2O. The van der Waals surface area contributed by atoms with E-state index < -0.39 is 0 Å². The molecule has 1 aromatic heterocycles. The molecule has 1 aliphatic carbocycles. The Morgan fingerprint density at radius 1 is 1.39 bits per heavy atom. The minimum absolute atomic E-state index is 0.158. The van der Waals surface area contributed by atoms with Crippen LogP contribution in [0.5, 0.6) is 0 Å². The molecule has 0 spiro atoms. The molecule has 4 heteroatoms. The number of allylic oxidation sites excluding steroid dienone is 2. The molecule has 1 aliphatic rings. The molecule has 0 bridgehead atoms. The number of ketones is 1. The third-order valence-corrected chi connectivity index (χ3v) is 3.58. The van der Waals surface area contributed by atoms with E-state index in [0.717, 1.165) is 22.4 Å². The molecule has 1 N–H and O–H groups in total. The molecule has 0 atom stereocenters. The van der Waals surface area contributed by atoms with E-state index in [4.69, 9.17) is 11.6 Å². The molecule has 0 amide bonds. The zero-order valence-electron chi connectivity index (χ0n) is 10.2. The summed E-state index contributed by atoms with van der Waals surface area (Å²) in [5.74, 6) is 0.927. The Morgan fingerprint density at radius 2 is 2.17 bits per heavy atom. The lowest BCUT2D eigenvalue weighted by atomic mass is 9.85. The van der Waals surface area contributed by atoms with Crippen molar-refractivity contribution in [3.05, 3.63) is 35.1 Å². The summed E-state index contributed by atoms with van der Waals surface area (Å²) in [6.07, 6.45) is 2.24. The van der Waals surface area contributed by atoms with Gasteiger partial charge in [0.15, 0.2) is 5.78 Å². The van der Waals surface area contributed by atoms with Crippen LogP contribution in [0.15, 0.2) is 24.3 Å². The van der Waals surface area contributed by atoms with Gasteiger partial charge in [0.05, 0.1) is 11.0 Å². The van der Waals surface area contributed by atoms with Crippen LogP contribution in [0.25, 0.3) is 16.6 Å². The summed E-state index contributed by atoms with van der Waals surface area (Å²) in [6.45, 7) is 4.12. The Hall–Kier alpha value is -1.61. The van der Waals surface area contributed by atoms with Crippen LogP contribution in [0.2, 0.25) is 5.02 Å². The van der Waals surface area contributed by atoms with Crippen LogP contribution in [-0.4, -0.2) is 15.8 Å². The maximum absolute atomic E-state index is 11.6. The van der Waals surface area contributed by atoms with Crippen LogP contribution in [0, 0.1) is 5.41 Å². The van der Waals surface area contributed by atoms with Crippen molar-refractivity contribution in [1.82, 2.24) is 9.97 Å². The van der Waals surface area contributed by atoms with Crippen LogP contribution in [0.1, 0.15) is 26.1 Å². The maximum atomic E-state index is 11.6. The second-order valence-electron chi connectivity index (χ2n) is 5.33. The van der Waals surface area contributed by atoms with Gasteiger partial charge in [-0.05, 0) is 24.3 Å². The summed E-state index contributed by atoms with van der Waals surface area (Å²) in [5.41, 5.74) is 2.58. The molecule has 3 nitrogen and oxygen atoms in total. The highest BCUT2D eigenvalue weighted by molar-refractivity contribution is 6.31. The number of fused-ring (bicyclic) bond motifs is 1. The molecule has 92 valence electrons. The van der Waals surface area contributed by atoms with Gasteiger partial charge in [0.25, 0.3) is 0 Å². The summed E-state index contributed by atoms with van der Waals surface area (Å²) < 4.78 is 0. The van der Waals surface area contributed by atoms with Gasteiger partial charge in [-0.15, -0.1) is 0 Å². The molecule has 1 aromatic carbocycles. The van der Waals surface area contributed by atoms with Crippen molar-refractivity contribution in [3.63, 3.8) is 0 Å². The number of rotatable bonds is 1. The third-order valence-electron chi connectivity index (χ3n) is 3.35. The van der Waals surface area contributed by atoms with Crippen molar-refractivity contribution in [2.75, 3.05) is 0 Å². The molecule has 1 heterocycles. The van der Waals surface area contributed by atoms with Crippen molar-refractivity contribution < 1.29 is 4.79 Å². The molecule has 0 saturated carbocycles. The van der Waals surface area contributed by atoms with Gasteiger partial charge in [0.2, 0.25) is 0 Å². The van der Waals surface area contributed by atoms with Gasteiger partial charge in [-0.1, -0.05) is 25.4 Å². The zero-order chi connectivity index (χ0) is 12.9. The number of nitrogens with one attached hydrogen (secondary N) is 1. The van der Waals surface area contributed by atoms with Gasteiger partial charge in [0.1, 0.15) is 5.82 Å². The molecule has 18 heavy (non-hydrogen) atoms. The van der Waals surface area contributed by atoms with Gasteiger partial charge in [-0.25, -0.2) is 4.98 Å². The SMILES string of the molecule is CC1(C)CC(=O)C=C1c1nc2ccc(Cl)cc2[nH]1. The van der Waals surface area contributed by atoms with Crippen LogP contribution < -0.4 is 0 Å². The number of imidazole rings is 1. The van der Waals surface area contributed by atoms with Crippen LogP contribution in [0.3, 0.4) is 0 Å². The van der Waals surface area contributed by atoms with E-state index in [9.17, 15) is 4.79 Å². The highest BCUT2D eigenvalue weighted by Gasteiger charge is 2.34. The lowest BCUT2D eigenvalue weighted by Gasteiger charge is -2.19. The molecular weight excluding hydrogens is 248 g/mol. The largest absolute Gasteiger partial charge is 0.338 e. The smallest absolute Gasteiger partial charge is 0.156 e. The molecule has 0 fully saturated rings. The Bertz CT molecular complexity index is 682. The number of nitrogens with zero attached hydrogens (tertiary/aromatic N) is 1. The Balaban J connectivity index is 2.15. The Labute approximate surface area is 110 Å². The molecule has 0 unspecified atom stereocenters. The van der Waals surface area contributed by atoms with Crippen molar-refractivity contribution in [3.8, 4) is 0 Å². The molecule has 0 radical (unpaired) electrons. The summed E-state index contributed by atoms with van der Waals surface area (Å²) in [4.78, 5) is 19.3. The van der Waals surface area contributed by atoms with E-state index in [1.807, 2.05) is 18.2 Å². The summed E-state index contributed by atoms with van der Waals surface area (Å²) in [7, 11) is 0. The van der Waals surface area contributed by atoms with Crippen molar-refractivity contribution in [2.24, 2.45) is 5.41 Å². The highest BCUT2D eigenvalue weighted by Crippen LogP contribution is 2.41. The second kappa shape index (κ2) is 3.69. The van der Waals surface area contributed by atoms with E-state index in [0.29, 0.717) is 11.4 Å². The first-order valence-corrected chi connectivity index (χ1v) is 6.24. The van der Waals surface area contributed by atoms with Crippen LogP contribution >= 0.6 is 11.6 Å². The fraction of sp³-hybridized carbons (Fsp3) is 0.286. The highest BCUT2D eigenvalue weighted by atomic mass is 35.5. The van der Waals surface area contributed by atoms with Crippen molar-refractivity contribution in [2.45, 2.75) is 20.3 Å². The first-order chi connectivity index (χ1) is 8.45. The van der Waals surface area contributed by atoms with E-state index in [-0.39, 0.29) is 11.2 Å². The number of carbonyl (C=O) groups is 1. The quantitative estimate of drug-likeness (QED) is 0.852. The zero-order valence-corrected chi connectivity index (χ0v) is 11.0. The van der Waals surface area contributed by atoms with Gasteiger partial charge < -0.3 is 4.98 Å². The average Bonchev–Trinajstić information content (AvgIpc) is 2.77. The minimum Gasteiger partial charge on any atom is -0.338 e. The van der Waals surface area contributed by atoms with E-state index in [1.165, 1.54) is 0 Å². The monoisotopic (exact) mass is 260 g/mol. The van der Waals surface area contributed by atoms with Crippen molar-refractivity contribution in [1.29, 1.82) is 0 Å². The lowest BCUT2D eigenvalue weighted by molar-refractivity contribution is -0.114. The van der Waals surface area contributed by atoms with E-state index >= 15 is 0 Å². The summed E-state index contributed by atoms with van der Waals surface area (Å²) >= 11 is 5.95. The third kappa shape index (κ3) is 1.75. The number of hydrogen-bond donors (Lipinski definition) is 1. The normalized spacial score (nSPS) is 18.4.